The molecule has 2 nitrogen and oxygen atoms in total. The van der Waals surface area contributed by atoms with Crippen LogP contribution in [0.25, 0.3) is 0 Å². The second-order valence-electron chi connectivity index (χ2n) is 3.88. The lowest BCUT2D eigenvalue weighted by atomic mass is 10.0. The highest BCUT2D eigenvalue weighted by atomic mass is 19.4. The summed E-state index contributed by atoms with van der Waals surface area (Å²) in [6.45, 7) is 2.02. The maximum absolute atomic E-state index is 12.6. The van der Waals surface area contributed by atoms with Gasteiger partial charge in [0.25, 0.3) is 0 Å². The molecule has 0 aromatic heterocycles. The number of piperidine rings is 1. The monoisotopic (exact) mass is 210 g/mol. The largest absolute Gasteiger partial charge is 0.405 e. The van der Waals surface area contributed by atoms with E-state index in [1.807, 2.05) is 6.92 Å². The number of rotatable bonds is 2. The van der Waals surface area contributed by atoms with Crippen molar-refractivity contribution in [2.24, 2.45) is 5.73 Å². The molecule has 2 N–H and O–H groups in total. The van der Waals surface area contributed by atoms with Crippen molar-refractivity contribution in [1.82, 2.24) is 4.90 Å². The smallest absolute Gasteiger partial charge is 0.329 e. The summed E-state index contributed by atoms with van der Waals surface area (Å²) >= 11 is 0. The standard InChI is InChI=1S/C9H17F3N2/c1-7-4-2-3-5-14(7)8(6-13)9(10,11)12/h7-8H,2-6,13H2,1H3/t7-,8+/m0/s1. The Bertz CT molecular complexity index is 181. The average molecular weight is 210 g/mol. The highest BCUT2D eigenvalue weighted by Gasteiger charge is 2.44. The van der Waals surface area contributed by atoms with Gasteiger partial charge in [0.2, 0.25) is 0 Å². The van der Waals surface area contributed by atoms with Gasteiger partial charge in [0, 0.05) is 12.6 Å². The molecule has 0 aromatic rings. The van der Waals surface area contributed by atoms with Gasteiger partial charge in [-0.1, -0.05) is 6.42 Å². The number of alkyl halides is 3. The molecular formula is C9H17F3N2. The van der Waals surface area contributed by atoms with Crippen molar-refractivity contribution < 1.29 is 13.2 Å². The zero-order valence-electron chi connectivity index (χ0n) is 8.35. The fourth-order valence-corrected chi connectivity index (χ4v) is 2.04. The van der Waals surface area contributed by atoms with Gasteiger partial charge in [-0.2, -0.15) is 13.2 Å². The quantitative estimate of drug-likeness (QED) is 0.752. The van der Waals surface area contributed by atoms with Gasteiger partial charge >= 0.3 is 6.18 Å². The van der Waals surface area contributed by atoms with Gasteiger partial charge in [-0.25, -0.2) is 0 Å². The Kier molecular flexibility index (Phi) is 3.78. The summed E-state index contributed by atoms with van der Waals surface area (Å²) in [5, 5.41) is 0. The van der Waals surface area contributed by atoms with Crippen LogP contribution in [0, 0.1) is 0 Å². The van der Waals surface area contributed by atoms with Crippen molar-refractivity contribution in [2.45, 2.75) is 44.4 Å². The Morgan fingerprint density at radius 2 is 2.07 bits per heavy atom. The predicted octanol–water partition coefficient (Wildman–Crippen LogP) is 1.75. The van der Waals surface area contributed by atoms with Crippen LogP contribution in [0.5, 0.6) is 0 Å². The van der Waals surface area contributed by atoms with Crippen LogP contribution in [0.15, 0.2) is 0 Å². The van der Waals surface area contributed by atoms with Crippen molar-refractivity contribution in [2.75, 3.05) is 13.1 Å². The summed E-state index contributed by atoms with van der Waals surface area (Å²) in [7, 11) is 0. The lowest BCUT2D eigenvalue weighted by molar-refractivity contribution is -0.188. The van der Waals surface area contributed by atoms with E-state index in [1.165, 1.54) is 4.90 Å². The Morgan fingerprint density at radius 1 is 1.43 bits per heavy atom. The van der Waals surface area contributed by atoms with Crippen molar-refractivity contribution >= 4 is 0 Å². The van der Waals surface area contributed by atoms with E-state index < -0.39 is 12.2 Å². The van der Waals surface area contributed by atoms with Gasteiger partial charge in [-0.15, -0.1) is 0 Å². The van der Waals surface area contributed by atoms with Crippen LogP contribution in [-0.2, 0) is 0 Å². The first-order valence-corrected chi connectivity index (χ1v) is 4.99. The van der Waals surface area contributed by atoms with Crippen LogP contribution in [0.2, 0.25) is 0 Å². The van der Waals surface area contributed by atoms with E-state index in [4.69, 9.17) is 5.73 Å². The normalized spacial score (nSPS) is 27.6. The molecule has 1 aliphatic heterocycles. The fourth-order valence-electron chi connectivity index (χ4n) is 2.04. The summed E-state index contributed by atoms with van der Waals surface area (Å²) in [5.74, 6) is 0. The highest BCUT2D eigenvalue weighted by molar-refractivity contribution is 4.85. The lowest BCUT2D eigenvalue weighted by Gasteiger charge is -2.39. The predicted molar refractivity (Wildman–Crippen MR) is 48.9 cm³/mol. The molecule has 0 aliphatic carbocycles. The first-order chi connectivity index (χ1) is 6.46. The van der Waals surface area contributed by atoms with Crippen LogP contribution >= 0.6 is 0 Å². The molecule has 0 bridgehead atoms. The molecule has 1 aliphatic rings. The third-order valence-electron chi connectivity index (χ3n) is 2.86. The molecule has 0 unspecified atom stereocenters. The molecule has 0 saturated carbocycles. The molecule has 1 rings (SSSR count). The van der Waals surface area contributed by atoms with Crippen LogP contribution in [0.4, 0.5) is 13.2 Å². The number of nitrogens with zero attached hydrogens (tertiary/aromatic N) is 1. The summed E-state index contributed by atoms with van der Waals surface area (Å²) < 4.78 is 37.7. The minimum atomic E-state index is -4.19. The van der Waals surface area contributed by atoms with Gasteiger partial charge in [-0.3, -0.25) is 4.90 Å². The third kappa shape index (κ3) is 2.60. The third-order valence-corrected chi connectivity index (χ3v) is 2.86. The first kappa shape index (κ1) is 11.8. The average Bonchev–Trinajstić information content (AvgIpc) is 2.07. The SMILES string of the molecule is C[C@H]1CCCCN1[C@H](CN)C(F)(F)F. The number of likely N-dealkylation sites (tertiary alicyclic amines) is 1. The van der Waals surface area contributed by atoms with Crippen LogP contribution in [-0.4, -0.2) is 36.2 Å². The molecule has 2 atom stereocenters. The molecule has 84 valence electrons. The minimum Gasteiger partial charge on any atom is -0.329 e. The van der Waals surface area contributed by atoms with E-state index in [0.717, 1.165) is 19.3 Å². The summed E-state index contributed by atoms with van der Waals surface area (Å²) in [6, 6.07) is -1.46. The van der Waals surface area contributed by atoms with E-state index in [9.17, 15) is 13.2 Å². The van der Waals surface area contributed by atoms with Crippen molar-refractivity contribution in [3.8, 4) is 0 Å². The summed E-state index contributed by atoms with van der Waals surface area (Å²) in [6.07, 6.45) is -1.49. The fraction of sp³-hybridized carbons (Fsp3) is 1.00. The van der Waals surface area contributed by atoms with E-state index in [0.29, 0.717) is 6.54 Å². The summed E-state index contributed by atoms with van der Waals surface area (Å²) in [4.78, 5) is 1.49. The lowest BCUT2D eigenvalue weighted by Crippen LogP contribution is -2.55. The molecule has 14 heavy (non-hydrogen) atoms. The van der Waals surface area contributed by atoms with Gasteiger partial charge in [0.15, 0.2) is 0 Å². The number of hydrogen-bond acceptors (Lipinski definition) is 2. The number of nitrogens with two attached hydrogens (primary N) is 1. The molecule has 1 fully saturated rings. The van der Waals surface area contributed by atoms with Crippen molar-refractivity contribution in [3.63, 3.8) is 0 Å². The molecule has 5 heteroatoms. The molecule has 0 radical (unpaired) electrons. The van der Waals surface area contributed by atoms with E-state index >= 15 is 0 Å². The topological polar surface area (TPSA) is 29.3 Å². The van der Waals surface area contributed by atoms with Crippen LogP contribution in [0.3, 0.4) is 0 Å². The van der Waals surface area contributed by atoms with Crippen molar-refractivity contribution in [3.05, 3.63) is 0 Å². The van der Waals surface area contributed by atoms with E-state index in [1.54, 1.807) is 0 Å². The maximum atomic E-state index is 12.6. The molecular weight excluding hydrogens is 193 g/mol. The van der Waals surface area contributed by atoms with Gasteiger partial charge in [0.1, 0.15) is 6.04 Å². The Morgan fingerprint density at radius 3 is 2.50 bits per heavy atom. The second kappa shape index (κ2) is 4.49. The Balaban J connectivity index is 2.67. The number of hydrogen-bond donors (Lipinski definition) is 1. The molecule has 1 saturated heterocycles. The first-order valence-electron chi connectivity index (χ1n) is 4.99. The van der Waals surface area contributed by atoms with Crippen LogP contribution < -0.4 is 5.73 Å². The summed E-state index contributed by atoms with van der Waals surface area (Å²) in [5.41, 5.74) is 5.19. The minimum absolute atomic E-state index is 0.000995. The molecule has 0 aromatic carbocycles. The zero-order valence-corrected chi connectivity index (χ0v) is 8.35. The Labute approximate surface area is 82.2 Å². The second-order valence-corrected chi connectivity index (χ2v) is 3.88. The van der Waals surface area contributed by atoms with E-state index in [2.05, 4.69) is 0 Å². The zero-order chi connectivity index (χ0) is 10.8. The van der Waals surface area contributed by atoms with Crippen molar-refractivity contribution in [1.29, 1.82) is 0 Å². The van der Waals surface area contributed by atoms with Crippen LogP contribution in [0.1, 0.15) is 26.2 Å². The molecule has 1 heterocycles. The van der Waals surface area contributed by atoms with Gasteiger partial charge in [-0.05, 0) is 26.3 Å². The Hall–Kier alpha value is -0.290. The van der Waals surface area contributed by atoms with E-state index in [-0.39, 0.29) is 12.6 Å². The molecule has 0 amide bonds. The number of halogens is 3. The van der Waals surface area contributed by atoms with Gasteiger partial charge in [0.05, 0.1) is 0 Å². The van der Waals surface area contributed by atoms with Gasteiger partial charge < -0.3 is 5.73 Å². The highest BCUT2D eigenvalue weighted by Crippen LogP contribution is 2.29. The molecule has 0 spiro atoms. The maximum Gasteiger partial charge on any atom is 0.405 e.